The molecule has 1 rings (SSSR count). The summed E-state index contributed by atoms with van der Waals surface area (Å²) in [7, 11) is 0. The largest absolute Gasteiger partial charge is 0.254 e. The highest BCUT2D eigenvalue weighted by atomic mass is 19.1. The number of halogens is 1. The summed E-state index contributed by atoms with van der Waals surface area (Å²) < 4.78 is 13.6. The molecule has 1 aromatic heterocycles. The van der Waals surface area contributed by atoms with Crippen LogP contribution in [0.4, 0.5) is 4.39 Å². The average Bonchev–Trinajstić information content (AvgIpc) is 2.30. The molecular formula is C13H21FN2. The smallest absolute Gasteiger partial charge is 0.235 e. The topological polar surface area (TPSA) is 25.8 Å². The Morgan fingerprint density at radius 1 is 1.19 bits per heavy atom. The van der Waals surface area contributed by atoms with Gasteiger partial charge < -0.3 is 0 Å². The first-order valence-electron chi connectivity index (χ1n) is 6.11. The molecule has 0 aliphatic rings. The second-order valence-electron chi connectivity index (χ2n) is 4.57. The zero-order chi connectivity index (χ0) is 12.0. The van der Waals surface area contributed by atoms with Crippen molar-refractivity contribution in [1.82, 2.24) is 9.97 Å². The molecule has 0 aliphatic carbocycles. The van der Waals surface area contributed by atoms with Gasteiger partial charge in [-0.2, -0.15) is 4.39 Å². The van der Waals surface area contributed by atoms with Crippen molar-refractivity contribution in [2.24, 2.45) is 0 Å². The van der Waals surface area contributed by atoms with E-state index in [-0.39, 0.29) is 5.41 Å². The minimum atomic E-state index is -0.414. The summed E-state index contributed by atoms with van der Waals surface area (Å²) in [5.41, 5.74) is 0.349. The lowest BCUT2D eigenvalue weighted by Crippen LogP contribution is -2.24. The van der Waals surface area contributed by atoms with Gasteiger partial charge in [-0.25, -0.2) is 4.98 Å². The standard InChI is InChI=1S/C13H21FN2/c1-4-6-7-8-13(3,5-2)11-12(14)16-10-9-15-11/h9-10H,4-8H2,1-3H3. The molecular weight excluding hydrogens is 203 g/mol. The number of unbranched alkanes of at least 4 members (excludes halogenated alkanes) is 2. The van der Waals surface area contributed by atoms with Crippen molar-refractivity contribution >= 4 is 0 Å². The maximum absolute atomic E-state index is 13.6. The van der Waals surface area contributed by atoms with Gasteiger partial charge in [-0.3, -0.25) is 4.98 Å². The van der Waals surface area contributed by atoms with Gasteiger partial charge in [-0.05, 0) is 12.8 Å². The van der Waals surface area contributed by atoms with Gasteiger partial charge in [0, 0.05) is 17.8 Å². The van der Waals surface area contributed by atoms with Crippen LogP contribution in [-0.4, -0.2) is 9.97 Å². The van der Waals surface area contributed by atoms with E-state index in [4.69, 9.17) is 0 Å². The summed E-state index contributed by atoms with van der Waals surface area (Å²) in [5.74, 6) is -0.414. The fourth-order valence-electron chi connectivity index (χ4n) is 1.95. The van der Waals surface area contributed by atoms with Crippen LogP contribution in [-0.2, 0) is 5.41 Å². The van der Waals surface area contributed by atoms with Crippen LogP contribution in [0, 0.1) is 5.95 Å². The van der Waals surface area contributed by atoms with Crippen molar-refractivity contribution in [1.29, 1.82) is 0 Å². The van der Waals surface area contributed by atoms with Crippen LogP contribution in [0.5, 0.6) is 0 Å². The Labute approximate surface area is 97.3 Å². The molecule has 0 radical (unpaired) electrons. The Balaban J connectivity index is 2.83. The van der Waals surface area contributed by atoms with Gasteiger partial charge in [0.25, 0.3) is 0 Å². The highest BCUT2D eigenvalue weighted by Gasteiger charge is 2.29. The van der Waals surface area contributed by atoms with Crippen LogP contribution in [0.15, 0.2) is 12.4 Å². The molecule has 90 valence electrons. The number of hydrogen-bond donors (Lipinski definition) is 0. The van der Waals surface area contributed by atoms with Gasteiger partial charge in [-0.15, -0.1) is 0 Å². The highest BCUT2D eigenvalue weighted by Crippen LogP contribution is 2.32. The van der Waals surface area contributed by atoms with E-state index in [1.807, 2.05) is 0 Å². The van der Waals surface area contributed by atoms with Crippen LogP contribution in [0.3, 0.4) is 0 Å². The lowest BCUT2D eigenvalue weighted by Gasteiger charge is -2.27. The van der Waals surface area contributed by atoms with Crippen molar-refractivity contribution in [3.63, 3.8) is 0 Å². The third-order valence-electron chi connectivity index (χ3n) is 3.34. The molecule has 1 heterocycles. The summed E-state index contributed by atoms with van der Waals surface area (Å²) in [4.78, 5) is 7.85. The molecule has 0 N–H and O–H groups in total. The molecule has 0 saturated heterocycles. The maximum atomic E-state index is 13.6. The van der Waals surface area contributed by atoms with E-state index < -0.39 is 5.95 Å². The van der Waals surface area contributed by atoms with Crippen LogP contribution in [0.1, 0.15) is 58.6 Å². The van der Waals surface area contributed by atoms with E-state index in [1.165, 1.54) is 19.0 Å². The van der Waals surface area contributed by atoms with Crippen LogP contribution < -0.4 is 0 Å². The SMILES string of the molecule is CCCCCC(C)(CC)c1nccnc1F. The monoisotopic (exact) mass is 224 g/mol. The molecule has 1 unspecified atom stereocenters. The fraction of sp³-hybridized carbons (Fsp3) is 0.692. The summed E-state index contributed by atoms with van der Waals surface area (Å²) >= 11 is 0. The first-order valence-corrected chi connectivity index (χ1v) is 6.11. The average molecular weight is 224 g/mol. The van der Waals surface area contributed by atoms with Gasteiger partial charge >= 0.3 is 0 Å². The van der Waals surface area contributed by atoms with Crippen LogP contribution >= 0.6 is 0 Å². The maximum Gasteiger partial charge on any atom is 0.235 e. The molecule has 0 spiro atoms. The predicted octanol–water partition coefficient (Wildman–Crippen LogP) is 3.86. The number of rotatable bonds is 6. The summed E-state index contributed by atoms with van der Waals surface area (Å²) in [6.07, 6.45) is 8.35. The summed E-state index contributed by atoms with van der Waals surface area (Å²) in [5, 5.41) is 0. The predicted molar refractivity (Wildman–Crippen MR) is 63.8 cm³/mol. The molecule has 0 saturated carbocycles. The third-order valence-corrected chi connectivity index (χ3v) is 3.34. The summed E-state index contributed by atoms with van der Waals surface area (Å²) in [6, 6.07) is 0. The minimum absolute atomic E-state index is 0.173. The van der Waals surface area contributed by atoms with Gasteiger partial charge in [0.15, 0.2) is 0 Å². The Bertz CT molecular complexity index is 327. The zero-order valence-corrected chi connectivity index (χ0v) is 10.5. The van der Waals surface area contributed by atoms with Crippen LogP contribution in [0.25, 0.3) is 0 Å². The molecule has 0 aromatic carbocycles. The van der Waals surface area contributed by atoms with Gasteiger partial charge in [0.2, 0.25) is 5.95 Å². The zero-order valence-electron chi connectivity index (χ0n) is 10.5. The van der Waals surface area contributed by atoms with Crippen molar-refractivity contribution in [3.05, 3.63) is 24.0 Å². The molecule has 0 fully saturated rings. The molecule has 0 amide bonds. The number of nitrogens with zero attached hydrogens (tertiary/aromatic N) is 2. The number of hydrogen-bond acceptors (Lipinski definition) is 2. The Morgan fingerprint density at radius 2 is 1.88 bits per heavy atom. The van der Waals surface area contributed by atoms with Gasteiger partial charge in [-0.1, -0.05) is 40.0 Å². The Hall–Kier alpha value is -0.990. The van der Waals surface area contributed by atoms with E-state index in [9.17, 15) is 4.39 Å². The minimum Gasteiger partial charge on any atom is -0.254 e. The molecule has 3 heteroatoms. The second kappa shape index (κ2) is 5.92. The van der Waals surface area contributed by atoms with Gasteiger partial charge in [0.1, 0.15) is 5.69 Å². The van der Waals surface area contributed by atoms with Gasteiger partial charge in [0.05, 0.1) is 0 Å². The lowest BCUT2D eigenvalue weighted by molar-refractivity contribution is 0.363. The first kappa shape index (κ1) is 13.1. The summed E-state index contributed by atoms with van der Waals surface area (Å²) in [6.45, 7) is 6.34. The lowest BCUT2D eigenvalue weighted by atomic mass is 9.79. The van der Waals surface area contributed by atoms with Crippen LogP contribution in [0.2, 0.25) is 0 Å². The Kier molecular flexibility index (Phi) is 4.84. The van der Waals surface area contributed by atoms with Crippen molar-refractivity contribution in [2.75, 3.05) is 0 Å². The third kappa shape index (κ3) is 3.00. The molecule has 1 atom stereocenters. The first-order chi connectivity index (χ1) is 7.64. The highest BCUT2D eigenvalue weighted by molar-refractivity contribution is 5.12. The van der Waals surface area contributed by atoms with Crippen molar-refractivity contribution in [2.45, 2.75) is 58.3 Å². The van der Waals surface area contributed by atoms with E-state index in [0.717, 1.165) is 19.3 Å². The van der Waals surface area contributed by atoms with E-state index in [1.54, 1.807) is 6.20 Å². The van der Waals surface area contributed by atoms with Crippen molar-refractivity contribution in [3.8, 4) is 0 Å². The second-order valence-corrected chi connectivity index (χ2v) is 4.57. The Morgan fingerprint density at radius 3 is 2.44 bits per heavy atom. The van der Waals surface area contributed by atoms with E-state index in [2.05, 4.69) is 30.7 Å². The van der Waals surface area contributed by atoms with Crippen molar-refractivity contribution < 1.29 is 4.39 Å². The molecule has 1 aromatic rings. The quantitative estimate of drug-likeness (QED) is 0.686. The van der Waals surface area contributed by atoms with E-state index >= 15 is 0 Å². The fourth-order valence-corrected chi connectivity index (χ4v) is 1.95. The molecule has 16 heavy (non-hydrogen) atoms. The normalized spacial score (nSPS) is 14.8. The van der Waals surface area contributed by atoms with E-state index in [0.29, 0.717) is 5.69 Å². The molecule has 0 aliphatic heterocycles. The molecule has 2 nitrogen and oxygen atoms in total. The number of aromatic nitrogens is 2. The molecule has 0 bridgehead atoms.